The van der Waals surface area contributed by atoms with Crippen molar-refractivity contribution in [3.63, 3.8) is 0 Å². The topological polar surface area (TPSA) is 40.5 Å². The molecule has 3 nitrogen and oxygen atoms in total. The smallest absolute Gasteiger partial charge is 0.255 e. The molecule has 0 saturated carbocycles. The van der Waals surface area contributed by atoms with Crippen LogP contribution in [0.4, 0.5) is 0 Å². The van der Waals surface area contributed by atoms with Crippen LogP contribution in [-0.2, 0) is 0 Å². The van der Waals surface area contributed by atoms with Gasteiger partial charge in [-0.3, -0.25) is 4.79 Å². The number of rotatable bonds is 2. The lowest BCUT2D eigenvalue weighted by atomic mass is 9.98. The highest BCUT2D eigenvalue weighted by atomic mass is 127. The number of amides is 1. The van der Waals surface area contributed by atoms with Gasteiger partial charge in [0.2, 0.25) is 0 Å². The number of aliphatic hydroxyl groups excluding tert-OH is 1. The minimum Gasteiger partial charge on any atom is -0.396 e. The summed E-state index contributed by atoms with van der Waals surface area (Å²) in [6.07, 6.45) is 2.00. The Kier molecular flexibility index (Phi) is 6.15. The Morgan fingerprint density at radius 2 is 2.11 bits per heavy atom. The molecule has 1 aromatic carbocycles. The van der Waals surface area contributed by atoms with E-state index in [1.54, 1.807) is 0 Å². The zero-order chi connectivity index (χ0) is 14.0. The van der Waals surface area contributed by atoms with E-state index in [-0.39, 0.29) is 18.4 Å². The van der Waals surface area contributed by atoms with Gasteiger partial charge in [-0.15, -0.1) is 0 Å². The van der Waals surface area contributed by atoms with E-state index in [2.05, 4.69) is 73.8 Å². The number of likely N-dealkylation sites (tertiary alicyclic amines) is 1. The normalized spacial score (nSPS) is 19.6. The van der Waals surface area contributed by atoms with Gasteiger partial charge in [0.1, 0.15) is 0 Å². The first-order valence-electron chi connectivity index (χ1n) is 6.07. The van der Waals surface area contributed by atoms with Crippen LogP contribution in [0.5, 0.6) is 0 Å². The summed E-state index contributed by atoms with van der Waals surface area (Å²) in [7, 11) is 0. The van der Waals surface area contributed by atoms with Gasteiger partial charge in [-0.1, -0.05) is 0 Å². The van der Waals surface area contributed by atoms with Crippen LogP contribution in [0.1, 0.15) is 23.2 Å². The third-order valence-corrected chi connectivity index (χ3v) is 6.96. The maximum atomic E-state index is 12.6. The second-order valence-corrected chi connectivity index (χ2v) is 8.18. The number of carbonyl (C=O) groups excluding carboxylic acids is 1. The standard InChI is InChI=1S/C13H14I3NO2/c14-9-4-10(12(16)11(15)5-9)13(19)17-3-1-2-8(6-17)7-18/h4-5,8,18H,1-3,6-7H2. The predicted octanol–water partition coefficient (Wildman–Crippen LogP) is 3.34. The van der Waals surface area contributed by atoms with E-state index in [1.165, 1.54) is 0 Å². The summed E-state index contributed by atoms with van der Waals surface area (Å²) >= 11 is 6.75. The Hall–Kier alpha value is 0.840. The number of carbonyl (C=O) groups is 1. The van der Waals surface area contributed by atoms with Crippen LogP contribution in [0.2, 0.25) is 0 Å². The molecule has 0 aromatic heterocycles. The maximum Gasteiger partial charge on any atom is 0.255 e. The maximum absolute atomic E-state index is 12.6. The van der Waals surface area contributed by atoms with E-state index >= 15 is 0 Å². The molecule has 19 heavy (non-hydrogen) atoms. The van der Waals surface area contributed by atoms with Gasteiger partial charge in [0.15, 0.2) is 0 Å². The Bertz CT molecular complexity index is 493. The summed E-state index contributed by atoms with van der Waals surface area (Å²) in [6, 6.07) is 4.03. The zero-order valence-electron chi connectivity index (χ0n) is 10.2. The van der Waals surface area contributed by atoms with Crippen molar-refractivity contribution >= 4 is 73.7 Å². The molecule has 0 bridgehead atoms. The second-order valence-electron chi connectivity index (χ2n) is 4.69. The van der Waals surface area contributed by atoms with Crippen LogP contribution in [-0.4, -0.2) is 35.6 Å². The molecule has 1 aromatic rings. The number of hydrogen-bond donors (Lipinski definition) is 1. The Morgan fingerprint density at radius 1 is 1.37 bits per heavy atom. The van der Waals surface area contributed by atoms with E-state index < -0.39 is 0 Å². The summed E-state index contributed by atoms with van der Waals surface area (Å²) in [5.74, 6) is 0.330. The van der Waals surface area contributed by atoms with Gasteiger partial charge >= 0.3 is 0 Å². The number of halogens is 3. The number of aliphatic hydroxyl groups is 1. The van der Waals surface area contributed by atoms with Gasteiger partial charge in [-0.2, -0.15) is 0 Å². The molecule has 1 unspecified atom stereocenters. The fraction of sp³-hybridized carbons (Fsp3) is 0.462. The average Bonchev–Trinajstić information content (AvgIpc) is 2.42. The third-order valence-electron chi connectivity index (χ3n) is 3.29. The first-order valence-corrected chi connectivity index (χ1v) is 9.31. The molecule has 1 saturated heterocycles. The lowest BCUT2D eigenvalue weighted by Crippen LogP contribution is -2.41. The summed E-state index contributed by atoms with van der Waals surface area (Å²) in [5.41, 5.74) is 0.787. The molecule has 2 rings (SSSR count). The van der Waals surface area contributed by atoms with Crippen LogP contribution in [0.15, 0.2) is 12.1 Å². The van der Waals surface area contributed by atoms with Gasteiger partial charge in [0.25, 0.3) is 5.91 Å². The highest BCUT2D eigenvalue weighted by Gasteiger charge is 2.25. The monoisotopic (exact) mass is 597 g/mol. The first kappa shape index (κ1) is 16.2. The molecule has 0 spiro atoms. The molecular weight excluding hydrogens is 583 g/mol. The lowest BCUT2D eigenvalue weighted by molar-refractivity contribution is 0.0619. The molecule has 104 valence electrons. The number of piperidine rings is 1. The summed E-state index contributed by atoms with van der Waals surface area (Å²) in [4.78, 5) is 14.5. The molecule has 1 aliphatic rings. The van der Waals surface area contributed by atoms with Gasteiger partial charge in [-0.05, 0) is 98.7 Å². The van der Waals surface area contributed by atoms with Crippen molar-refractivity contribution in [3.05, 3.63) is 28.4 Å². The molecule has 1 atom stereocenters. The van der Waals surface area contributed by atoms with Crippen LogP contribution < -0.4 is 0 Å². The Morgan fingerprint density at radius 3 is 2.79 bits per heavy atom. The van der Waals surface area contributed by atoms with Crippen LogP contribution >= 0.6 is 67.8 Å². The molecular formula is C13H14I3NO2. The third kappa shape index (κ3) is 3.94. The van der Waals surface area contributed by atoms with Gasteiger partial charge in [0, 0.05) is 30.4 Å². The SMILES string of the molecule is O=C(c1cc(I)cc(I)c1I)N1CCCC(CO)C1. The highest BCUT2D eigenvalue weighted by Crippen LogP contribution is 2.25. The van der Waals surface area contributed by atoms with Crippen molar-refractivity contribution in [1.29, 1.82) is 0 Å². The van der Waals surface area contributed by atoms with Gasteiger partial charge < -0.3 is 10.0 Å². The van der Waals surface area contributed by atoms with Crippen molar-refractivity contribution in [3.8, 4) is 0 Å². The predicted molar refractivity (Wildman–Crippen MR) is 100 cm³/mol. The summed E-state index contributed by atoms with van der Waals surface area (Å²) in [5, 5.41) is 9.26. The van der Waals surface area contributed by atoms with E-state index in [1.807, 2.05) is 11.0 Å². The molecule has 1 aliphatic heterocycles. The van der Waals surface area contributed by atoms with E-state index in [4.69, 9.17) is 0 Å². The second kappa shape index (κ2) is 7.21. The minimum absolute atomic E-state index is 0.0963. The Labute approximate surface area is 153 Å². The number of nitrogens with zero attached hydrogens (tertiary/aromatic N) is 1. The van der Waals surface area contributed by atoms with Crippen molar-refractivity contribution in [2.24, 2.45) is 5.92 Å². The molecule has 6 heteroatoms. The first-order chi connectivity index (χ1) is 9.02. The highest BCUT2D eigenvalue weighted by molar-refractivity contribution is 14.1. The van der Waals surface area contributed by atoms with Gasteiger partial charge in [0.05, 0.1) is 5.56 Å². The van der Waals surface area contributed by atoms with Crippen LogP contribution in [0.25, 0.3) is 0 Å². The summed E-state index contributed by atoms with van der Waals surface area (Å²) < 4.78 is 3.22. The average molecular weight is 597 g/mol. The van der Waals surface area contributed by atoms with Crippen molar-refractivity contribution < 1.29 is 9.90 Å². The zero-order valence-corrected chi connectivity index (χ0v) is 16.7. The fourth-order valence-electron chi connectivity index (χ4n) is 2.28. The Balaban J connectivity index is 2.24. The molecule has 1 amide bonds. The lowest BCUT2D eigenvalue weighted by Gasteiger charge is -2.32. The molecule has 1 N–H and O–H groups in total. The van der Waals surface area contributed by atoms with E-state index in [0.717, 1.165) is 35.7 Å². The van der Waals surface area contributed by atoms with Crippen molar-refractivity contribution in [1.82, 2.24) is 4.90 Å². The number of benzene rings is 1. The fourth-order valence-corrected chi connectivity index (χ4v) is 4.67. The minimum atomic E-state index is 0.0963. The van der Waals surface area contributed by atoms with Crippen molar-refractivity contribution in [2.45, 2.75) is 12.8 Å². The van der Waals surface area contributed by atoms with E-state index in [0.29, 0.717) is 6.54 Å². The van der Waals surface area contributed by atoms with Crippen LogP contribution in [0, 0.1) is 16.6 Å². The van der Waals surface area contributed by atoms with Gasteiger partial charge in [-0.25, -0.2) is 0 Å². The van der Waals surface area contributed by atoms with E-state index in [9.17, 15) is 9.90 Å². The molecule has 0 radical (unpaired) electrons. The summed E-state index contributed by atoms with van der Waals surface area (Å²) in [6.45, 7) is 1.64. The number of hydrogen-bond acceptors (Lipinski definition) is 2. The quantitative estimate of drug-likeness (QED) is 0.421. The molecule has 1 heterocycles. The van der Waals surface area contributed by atoms with Crippen molar-refractivity contribution in [2.75, 3.05) is 19.7 Å². The largest absolute Gasteiger partial charge is 0.396 e. The molecule has 0 aliphatic carbocycles. The molecule has 1 fully saturated rings. The van der Waals surface area contributed by atoms with Crippen LogP contribution in [0.3, 0.4) is 0 Å².